The third kappa shape index (κ3) is 2.28. The predicted octanol–water partition coefficient (Wildman–Crippen LogP) is 2.97. The molecule has 0 spiro atoms. The fourth-order valence-electron chi connectivity index (χ4n) is 1.27. The molecule has 0 aliphatic carbocycles. The average molecular weight is 181 g/mol. The Balaban J connectivity index is 3.11. The first-order chi connectivity index (χ1) is 6.02. The SMILES string of the molecule is CC(C)c1ccc(F)c(C(C)N)c1. The Morgan fingerprint density at radius 1 is 1.23 bits per heavy atom. The first-order valence-corrected chi connectivity index (χ1v) is 4.57. The van der Waals surface area contributed by atoms with Crippen LogP contribution in [0, 0.1) is 5.82 Å². The van der Waals surface area contributed by atoms with E-state index in [2.05, 4.69) is 13.8 Å². The summed E-state index contributed by atoms with van der Waals surface area (Å²) in [4.78, 5) is 0. The quantitative estimate of drug-likeness (QED) is 0.745. The number of hydrogen-bond donors (Lipinski definition) is 1. The Hall–Kier alpha value is -0.890. The Morgan fingerprint density at radius 3 is 2.31 bits per heavy atom. The zero-order chi connectivity index (χ0) is 10.0. The first-order valence-electron chi connectivity index (χ1n) is 4.57. The van der Waals surface area contributed by atoms with Gasteiger partial charge in [-0.3, -0.25) is 0 Å². The summed E-state index contributed by atoms with van der Waals surface area (Å²) in [7, 11) is 0. The maximum Gasteiger partial charge on any atom is 0.127 e. The van der Waals surface area contributed by atoms with Crippen molar-refractivity contribution < 1.29 is 4.39 Å². The predicted molar refractivity (Wildman–Crippen MR) is 53.1 cm³/mol. The zero-order valence-corrected chi connectivity index (χ0v) is 8.34. The smallest absolute Gasteiger partial charge is 0.127 e. The molecule has 1 aromatic carbocycles. The molecule has 1 atom stereocenters. The van der Waals surface area contributed by atoms with Crippen molar-refractivity contribution in [3.05, 3.63) is 35.1 Å². The van der Waals surface area contributed by atoms with Gasteiger partial charge in [0.15, 0.2) is 0 Å². The van der Waals surface area contributed by atoms with Crippen LogP contribution in [0.1, 0.15) is 43.9 Å². The van der Waals surface area contributed by atoms with Crippen LogP contribution in [0.2, 0.25) is 0 Å². The number of benzene rings is 1. The number of halogens is 1. The monoisotopic (exact) mass is 181 g/mol. The highest BCUT2D eigenvalue weighted by atomic mass is 19.1. The molecule has 0 amide bonds. The lowest BCUT2D eigenvalue weighted by Crippen LogP contribution is -2.08. The van der Waals surface area contributed by atoms with Crippen LogP contribution in [0.3, 0.4) is 0 Å². The van der Waals surface area contributed by atoms with Gasteiger partial charge in [0.05, 0.1) is 0 Å². The van der Waals surface area contributed by atoms with Crippen molar-refractivity contribution in [3.63, 3.8) is 0 Å². The molecule has 0 aliphatic rings. The molecule has 2 N–H and O–H groups in total. The molecule has 1 nitrogen and oxygen atoms in total. The largest absolute Gasteiger partial charge is 0.324 e. The molecular formula is C11H16FN. The molecule has 1 aromatic rings. The molecule has 0 fully saturated rings. The summed E-state index contributed by atoms with van der Waals surface area (Å²) >= 11 is 0. The Morgan fingerprint density at radius 2 is 1.85 bits per heavy atom. The fourth-order valence-corrected chi connectivity index (χ4v) is 1.27. The molecule has 2 heteroatoms. The van der Waals surface area contributed by atoms with Gasteiger partial charge in [0, 0.05) is 11.6 Å². The standard InChI is InChI=1S/C11H16FN/c1-7(2)9-4-5-11(12)10(6-9)8(3)13/h4-8H,13H2,1-3H3. The molecule has 0 aliphatic heterocycles. The Bertz CT molecular complexity index is 292. The van der Waals surface area contributed by atoms with Crippen molar-refractivity contribution in [1.29, 1.82) is 0 Å². The van der Waals surface area contributed by atoms with Gasteiger partial charge in [-0.05, 0) is 24.5 Å². The Kier molecular flexibility index (Phi) is 3.04. The van der Waals surface area contributed by atoms with Crippen LogP contribution in [0.5, 0.6) is 0 Å². The number of hydrogen-bond acceptors (Lipinski definition) is 1. The van der Waals surface area contributed by atoms with Crippen molar-refractivity contribution in [1.82, 2.24) is 0 Å². The summed E-state index contributed by atoms with van der Waals surface area (Å²) in [5.41, 5.74) is 7.38. The molecule has 72 valence electrons. The number of nitrogens with two attached hydrogens (primary N) is 1. The van der Waals surface area contributed by atoms with Crippen molar-refractivity contribution in [2.24, 2.45) is 5.73 Å². The van der Waals surface area contributed by atoms with E-state index in [1.54, 1.807) is 6.92 Å². The van der Waals surface area contributed by atoms with E-state index in [1.807, 2.05) is 12.1 Å². The van der Waals surface area contributed by atoms with Crippen LogP contribution in [-0.4, -0.2) is 0 Å². The minimum atomic E-state index is -0.237. The van der Waals surface area contributed by atoms with Gasteiger partial charge < -0.3 is 5.73 Å². The van der Waals surface area contributed by atoms with Gasteiger partial charge in [-0.2, -0.15) is 0 Å². The van der Waals surface area contributed by atoms with Gasteiger partial charge in [-0.25, -0.2) is 4.39 Å². The van der Waals surface area contributed by atoms with Crippen LogP contribution in [0.4, 0.5) is 4.39 Å². The molecule has 0 bridgehead atoms. The van der Waals surface area contributed by atoms with Crippen molar-refractivity contribution in [2.75, 3.05) is 0 Å². The second-order valence-electron chi connectivity index (χ2n) is 3.72. The second kappa shape index (κ2) is 3.88. The van der Waals surface area contributed by atoms with Crippen molar-refractivity contribution >= 4 is 0 Å². The lowest BCUT2D eigenvalue weighted by atomic mass is 9.98. The van der Waals surface area contributed by atoms with E-state index >= 15 is 0 Å². The van der Waals surface area contributed by atoms with Gasteiger partial charge in [0.2, 0.25) is 0 Å². The molecule has 0 radical (unpaired) electrons. The molecule has 0 saturated carbocycles. The minimum absolute atomic E-state index is 0.209. The van der Waals surface area contributed by atoms with Gasteiger partial charge >= 0.3 is 0 Å². The van der Waals surface area contributed by atoms with E-state index < -0.39 is 0 Å². The van der Waals surface area contributed by atoms with Crippen LogP contribution in [-0.2, 0) is 0 Å². The normalized spacial score (nSPS) is 13.4. The Labute approximate surface area is 78.8 Å². The topological polar surface area (TPSA) is 26.0 Å². The van der Waals surface area contributed by atoms with E-state index in [-0.39, 0.29) is 11.9 Å². The van der Waals surface area contributed by atoms with Gasteiger partial charge in [-0.15, -0.1) is 0 Å². The molecule has 1 rings (SSSR count). The lowest BCUT2D eigenvalue weighted by molar-refractivity contribution is 0.591. The maximum absolute atomic E-state index is 13.2. The molecule has 0 aromatic heterocycles. The summed E-state index contributed by atoms with van der Waals surface area (Å²) in [5, 5.41) is 0. The third-order valence-corrected chi connectivity index (χ3v) is 2.18. The zero-order valence-electron chi connectivity index (χ0n) is 8.34. The van der Waals surface area contributed by atoms with E-state index in [1.165, 1.54) is 6.07 Å². The summed E-state index contributed by atoms with van der Waals surface area (Å²) in [6.45, 7) is 5.96. The third-order valence-electron chi connectivity index (χ3n) is 2.18. The van der Waals surface area contributed by atoms with Gasteiger partial charge in [-0.1, -0.05) is 26.0 Å². The summed E-state index contributed by atoms with van der Waals surface area (Å²) in [5.74, 6) is 0.206. The van der Waals surface area contributed by atoms with Gasteiger partial charge in [0.1, 0.15) is 5.82 Å². The maximum atomic E-state index is 13.2. The van der Waals surface area contributed by atoms with E-state index in [4.69, 9.17) is 5.73 Å². The van der Waals surface area contributed by atoms with Crippen LogP contribution in [0.15, 0.2) is 18.2 Å². The van der Waals surface area contributed by atoms with Crippen molar-refractivity contribution in [3.8, 4) is 0 Å². The molecular weight excluding hydrogens is 165 g/mol. The van der Waals surface area contributed by atoms with Crippen LogP contribution < -0.4 is 5.73 Å². The summed E-state index contributed by atoms with van der Waals surface area (Å²) < 4.78 is 13.2. The average Bonchev–Trinajstić information content (AvgIpc) is 2.04. The highest BCUT2D eigenvalue weighted by Gasteiger charge is 2.08. The van der Waals surface area contributed by atoms with Crippen LogP contribution >= 0.6 is 0 Å². The summed E-state index contributed by atoms with van der Waals surface area (Å²) in [6.07, 6.45) is 0. The highest BCUT2D eigenvalue weighted by molar-refractivity contribution is 5.28. The second-order valence-corrected chi connectivity index (χ2v) is 3.72. The minimum Gasteiger partial charge on any atom is -0.324 e. The fraction of sp³-hybridized carbons (Fsp3) is 0.455. The molecule has 13 heavy (non-hydrogen) atoms. The molecule has 0 saturated heterocycles. The molecule has 0 heterocycles. The number of rotatable bonds is 2. The highest BCUT2D eigenvalue weighted by Crippen LogP contribution is 2.21. The summed E-state index contributed by atoms with van der Waals surface area (Å²) in [6, 6.07) is 4.92. The van der Waals surface area contributed by atoms with Gasteiger partial charge in [0.25, 0.3) is 0 Å². The van der Waals surface area contributed by atoms with E-state index in [9.17, 15) is 4.39 Å². The van der Waals surface area contributed by atoms with E-state index in [0.29, 0.717) is 11.5 Å². The first kappa shape index (κ1) is 10.2. The molecule has 1 unspecified atom stereocenters. The van der Waals surface area contributed by atoms with E-state index in [0.717, 1.165) is 5.56 Å². The van der Waals surface area contributed by atoms with Crippen molar-refractivity contribution in [2.45, 2.75) is 32.7 Å². The van der Waals surface area contributed by atoms with Crippen LogP contribution in [0.25, 0.3) is 0 Å². The lowest BCUT2D eigenvalue weighted by Gasteiger charge is -2.11.